The molecule has 3 rings (SSSR count). The predicted octanol–water partition coefficient (Wildman–Crippen LogP) is 4.19. The van der Waals surface area contributed by atoms with E-state index in [9.17, 15) is 4.79 Å². The third-order valence-electron chi connectivity index (χ3n) is 3.43. The third kappa shape index (κ3) is 3.18. The predicted molar refractivity (Wildman–Crippen MR) is 102 cm³/mol. The SMILES string of the molecule is COc1ccc(-c2coc3cc(OPI)ccc3c2=O)c(OC)n1. The first kappa shape index (κ1) is 17.0. The van der Waals surface area contributed by atoms with Gasteiger partial charge in [0.1, 0.15) is 24.0 Å². The molecule has 1 unspecified atom stereocenters. The van der Waals surface area contributed by atoms with Crippen LogP contribution in [0.4, 0.5) is 0 Å². The summed E-state index contributed by atoms with van der Waals surface area (Å²) in [4.78, 5) is 17.0. The van der Waals surface area contributed by atoms with Crippen molar-refractivity contribution in [1.82, 2.24) is 4.98 Å². The maximum atomic E-state index is 12.8. The quantitative estimate of drug-likeness (QED) is 0.423. The third-order valence-corrected chi connectivity index (χ3v) is 4.40. The lowest BCUT2D eigenvalue weighted by molar-refractivity contribution is 0.365. The number of rotatable bonds is 5. The number of methoxy groups -OCH3 is 2. The summed E-state index contributed by atoms with van der Waals surface area (Å²) >= 11 is 2.13. The minimum absolute atomic E-state index is 0.162. The summed E-state index contributed by atoms with van der Waals surface area (Å²) < 4.78 is 21.4. The van der Waals surface area contributed by atoms with Gasteiger partial charge in [0, 0.05) is 12.1 Å². The van der Waals surface area contributed by atoms with Crippen molar-refractivity contribution in [2.45, 2.75) is 0 Å². The molecule has 0 radical (unpaired) electrons. The fourth-order valence-corrected chi connectivity index (χ4v) is 3.28. The molecule has 0 bridgehead atoms. The van der Waals surface area contributed by atoms with Crippen molar-refractivity contribution in [2.24, 2.45) is 0 Å². The van der Waals surface area contributed by atoms with Crippen LogP contribution in [0.15, 0.2) is 45.8 Å². The van der Waals surface area contributed by atoms with E-state index < -0.39 is 0 Å². The van der Waals surface area contributed by atoms with E-state index in [1.807, 2.05) is 0 Å². The van der Waals surface area contributed by atoms with E-state index in [-0.39, 0.29) is 11.9 Å². The first-order valence-electron chi connectivity index (χ1n) is 6.85. The van der Waals surface area contributed by atoms with E-state index in [1.54, 1.807) is 30.3 Å². The average Bonchev–Trinajstić information content (AvgIpc) is 2.62. The highest BCUT2D eigenvalue weighted by atomic mass is 127. The molecule has 2 heterocycles. The van der Waals surface area contributed by atoms with Gasteiger partial charge >= 0.3 is 0 Å². The van der Waals surface area contributed by atoms with Crippen molar-refractivity contribution < 1.29 is 18.4 Å². The Morgan fingerprint density at radius 1 is 1.12 bits per heavy atom. The number of hydrogen-bond donors (Lipinski definition) is 0. The van der Waals surface area contributed by atoms with Gasteiger partial charge in [0.05, 0.1) is 30.7 Å². The Hall–Kier alpha value is -1.86. The molecule has 24 heavy (non-hydrogen) atoms. The molecule has 1 aromatic carbocycles. The van der Waals surface area contributed by atoms with E-state index in [0.29, 0.717) is 39.6 Å². The van der Waals surface area contributed by atoms with Crippen molar-refractivity contribution in [3.05, 3.63) is 46.8 Å². The van der Waals surface area contributed by atoms with Crippen LogP contribution in [0.25, 0.3) is 22.1 Å². The highest BCUT2D eigenvalue weighted by molar-refractivity contribution is 14.2. The number of halogens is 1. The Morgan fingerprint density at radius 2 is 1.96 bits per heavy atom. The van der Waals surface area contributed by atoms with Gasteiger partial charge in [0.2, 0.25) is 17.2 Å². The van der Waals surface area contributed by atoms with Gasteiger partial charge in [-0.25, -0.2) is 0 Å². The molecule has 3 aromatic rings. The number of hydrogen-bond acceptors (Lipinski definition) is 6. The van der Waals surface area contributed by atoms with E-state index >= 15 is 0 Å². The largest absolute Gasteiger partial charge is 0.481 e. The first-order valence-corrected chi connectivity index (χ1v) is 10.9. The summed E-state index contributed by atoms with van der Waals surface area (Å²) in [7, 11) is 3.00. The first-order chi connectivity index (χ1) is 11.7. The van der Waals surface area contributed by atoms with Crippen LogP contribution in [0.2, 0.25) is 0 Å². The van der Waals surface area contributed by atoms with Crippen LogP contribution in [0.1, 0.15) is 0 Å². The molecule has 6 nitrogen and oxygen atoms in total. The average molecular weight is 457 g/mol. The van der Waals surface area contributed by atoms with E-state index in [4.69, 9.17) is 18.4 Å². The Labute approximate surface area is 152 Å². The fraction of sp³-hybridized carbons (Fsp3) is 0.125. The fourth-order valence-electron chi connectivity index (χ4n) is 2.30. The zero-order valence-electron chi connectivity index (χ0n) is 12.8. The van der Waals surface area contributed by atoms with Crippen molar-refractivity contribution in [3.63, 3.8) is 0 Å². The van der Waals surface area contributed by atoms with Crippen molar-refractivity contribution in [2.75, 3.05) is 14.2 Å². The molecule has 0 aliphatic rings. The highest BCUT2D eigenvalue weighted by Gasteiger charge is 2.15. The minimum atomic E-state index is -0.162. The summed E-state index contributed by atoms with van der Waals surface area (Å²) in [6.45, 7) is 0.289. The molecule has 0 amide bonds. The number of aromatic nitrogens is 1. The van der Waals surface area contributed by atoms with Gasteiger partial charge in [-0.2, -0.15) is 4.98 Å². The molecule has 2 aromatic heterocycles. The molecule has 0 fully saturated rings. The van der Waals surface area contributed by atoms with Crippen LogP contribution in [0, 0.1) is 0 Å². The van der Waals surface area contributed by atoms with Crippen LogP contribution < -0.4 is 19.4 Å². The van der Waals surface area contributed by atoms with Crippen LogP contribution in [-0.2, 0) is 0 Å². The number of fused-ring (bicyclic) bond motifs is 1. The molecule has 0 saturated heterocycles. The molecule has 0 spiro atoms. The second-order valence-electron chi connectivity index (χ2n) is 4.73. The van der Waals surface area contributed by atoms with Gasteiger partial charge < -0.3 is 18.4 Å². The zero-order chi connectivity index (χ0) is 17.1. The Bertz CT molecular complexity index is 943. The van der Waals surface area contributed by atoms with Gasteiger partial charge in [0.25, 0.3) is 0 Å². The molecule has 0 N–H and O–H groups in total. The number of pyridine rings is 1. The Kier molecular flexibility index (Phi) is 5.20. The normalized spacial score (nSPS) is 11.1. The smallest absolute Gasteiger partial charge is 0.224 e. The Morgan fingerprint density at radius 3 is 2.67 bits per heavy atom. The van der Waals surface area contributed by atoms with Gasteiger partial charge in [-0.05, 0) is 40.2 Å². The van der Waals surface area contributed by atoms with Crippen molar-refractivity contribution >= 4 is 39.5 Å². The molecular weight excluding hydrogens is 444 g/mol. The Balaban J connectivity index is 2.16. The number of nitrogens with zero attached hydrogens (tertiary/aromatic N) is 1. The van der Waals surface area contributed by atoms with E-state index in [2.05, 4.69) is 27.0 Å². The topological polar surface area (TPSA) is 70.8 Å². The summed E-state index contributed by atoms with van der Waals surface area (Å²) in [6, 6.07) is 8.53. The van der Waals surface area contributed by atoms with Gasteiger partial charge in [-0.15, -0.1) is 0 Å². The van der Waals surface area contributed by atoms with Gasteiger partial charge in [-0.3, -0.25) is 4.79 Å². The maximum absolute atomic E-state index is 12.8. The lowest BCUT2D eigenvalue weighted by Gasteiger charge is -2.09. The van der Waals surface area contributed by atoms with Gasteiger partial charge in [-0.1, -0.05) is 0 Å². The van der Waals surface area contributed by atoms with Gasteiger partial charge in [0.15, 0.2) is 0 Å². The molecule has 0 saturated carbocycles. The van der Waals surface area contributed by atoms with Crippen molar-refractivity contribution in [3.8, 4) is 28.6 Å². The molecule has 0 aliphatic carbocycles. The lowest BCUT2D eigenvalue weighted by atomic mass is 10.1. The molecule has 1 atom stereocenters. The minimum Gasteiger partial charge on any atom is -0.481 e. The van der Waals surface area contributed by atoms with Crippen LogP contribution in [-0.4, -0.2) is 19.2 Å². The van der Waals surface area contributed by atoms with E-state index in [0.717, 1.165) is 0 Å². The van der Waals surface area contributed by atoms with Crippen LogP contribution in [0.3, 0.4) is 0 Å². The highest BCUT2D eigenvalue weighted by Crippen LogP contribution is 2.32. The van der Waals surface area contributed by atoms with Crippen LogP contribution >= 0.6 is 28.5 Å². The maximum Gasteiger partial charge on any atom is 0.224 e. The van der Waals surface area contributed by atoms with Crippen LogP contribution in [0.5, 0.6) is 17.5 Å². The van der Waals surface area contributed by atoms with Crippen molar-refractivity contribution in [1.29, 1.82) is 0 Å². The van der Waals surface area contributed by atoms with E-state index in [1.165, 1.54) is 20.5 Å². The number of benzene rings is 1. The second kappa shape index (κ2) is 7.36. The second-order valence-corrected chi connectivity index (χ2v) is 6.41. The molecule has 8 heteroatoms. The zero-order valence-corrected chi connectivity index (χ0v) is 16.0. The number of ether oxygens (including phenoxy) is 2. The molecular formula is C16H13INO5P. The summed E-state index contributed by atoms with van der Waals surface area (Å²) in [5, 5.41) is 0.467. The summed E-state index contributed by atoms with van der Waals surface area (Å²) in [5.74, 6) is 1.36. The molecule has 0 aliphatic heterocycles. The molecule has 124 valence electrons. The summed E-state index contributed by atoms with van der Waals surface area (Å²) in [5.41, 5.74) is 1.23. The monoisotopic (exact) mass is 457 g/mol. The lowest BCUT2D eigenvalue weighted by Crippen LogP contribution is -2.06. The summed E-state index contributed by atoms with van der Waals surface area (Å²) in [6.07, 6.45) is 1.41. The standard InChI is InChI=1S/C16H13INO5P/c1-20-14-6-5-10(16(18-14)21-2)12-8-22-13-7-9(23-24-17)3-4-11(13)15(12)19/h3-8,24H,1-2H3.